The van der Waals surface area contributed by atoms with Crippen LogP contribution in [0.15, 0.2) is 35.7 Å². The van der Waals surface area contributed by atoms with E-state index in [-0.39, 0.29) is 17.6 Å². The van der Waals surface area contributed by atoms with Crippen molar-refractivity contribution >= 4 is 57.2 Å². The van der Waals surface area contributed by atoms with Crippen LogP contribution >= 0.6 is 34.7 Å². The van der Waals surface area contributed by atoms with Crippen LogP contribution in [0.25, 0.3) is 0 Å². The first-order valence-corrected chi connectivity index (χ1v) is 12.8. The van der Waals surface area contributed by atoms with E-state index in [4.69, 9.17) is 11.6 Å². The summed E-state index contributed by atoms with van der Waals surface area (Å²) in [6, 6.07) is 7.47. The fourth-order valence-electron chi connectivity index (χ4n) is 3.85. The predicted molar refractivity (Wildman–Crippen MR) is 128 cm³/mol. The Bertz CT molecular complexity index is 1150. The maximum Gasteiger partial charge on any atom is 0.258 e. The van der Waals surface area contributed by atoms with Crippen molar-refractivity contribution < 1.29 is 9.59 Å². The van der Waals surface area contributed by atoms with Crippen LogP contribution in [-0.2, 0) is 17.6 Å². The van der Waals surface area contributed by atoms with Crippen LogP contribution in [0.2, 0.25) is 5.02 Å². The van der Waals surface area contributed by atoms with E-state index in [9.17, 15) is 9.59 Å². The number of anilines is 2. The molecule has 2 aliphatic carbocycles. The summed E-state index contributed by atoms with van der Waals surface area (Å²) >= 11 is 8.84. The van der Waals surface area contributed by atoms with Crippen molar-refractivity contribution in [2.24, 2.45) is 0 Å². The molecular formula is C22H22ClN5O2S2. The first-order valence-electron chi connectivity index (χ1n) is 10.6. The van der Waals surface area contributed by atoms with E-state index in [0.717, 1.165) is 49.2 Å². The Hall–Kier alpha value is -2.36. The Morgan fingerprint density at radius 3 is 2.72 bits per heavy atom. The van der Waals surface area contributed by atoms with Gasteiger partial charge in [-0.15, -0.1) is 21.5 Å². The first kappa shape index (κ1) is 21.5. The third-order valence-electron chi connectivity index (χ3n) is 5.57. The monoisotopic (exact) mass is 487 g/mol. The van der Waals surface area contributed by atoms with Gasteiger partial charge < -0.3 is 15.2 Å². The van der Waals surface area contributed by atoms with Gasteiger partial charge in [-0.05, 0) is 68.4 Å². The number of halogens is 1. The van der Waals surface area contributed by atoms with E-state index >= 15 is 0 Å². The summed E-state index contributed by atoms with van der Waals surface area (Å²) in [6.45, 7) is 0. The number of hydrogen-bond donors (Lipinski definition) is 2. The molecule has 2 amide bonds. The normalized spacial score (nSPS) is 15.3. The highest BCUT2D eigenvalue weighted by atomic mass is 35.5. The number of amides is 2. The summed E-state index contributed by atoms with van der Waals surface area (Å²) in [5.74, 6) is -0.144. The largest absolute Gasteiger partial charge is 0.322 e. The molecule has 0 spiro atoms. The molecule has 1 fully saturated rings. The van der Waals surface area contributed by atoms with Crippen molar-refractivity contribution in [1.82, 2.24) is 14.8 Å². The summed E-state index contributed by atoms with van der Waals surface area (Å²) < 4.78 is 2.03. The van der Waals surface area contributed by atoms with Crippen LogP contribution in [0.1, 0.15) is 52.5 Å². The number of nitrogens with one attached hydrogen (secondary N) is 2. The first-order chi connectivity index (χ1) is 15.6. The number of benzene rings is 1. The van der Waals surface area contributed by atoms with Crippen LogP contribution < -0.4 is 10.6 Å². The highest BCUT2D eigenvalue weighted by Gasteiger charge is 2.28. The SMILES string of the molecule is O=C(CSc1nncn1C1CC1)Nc1sc2c(c1C(=O)Nc1ccc(Cl)cc1)CCCC2. The lowest BCUT2D eigenvalue weighted by atomic mass is 9.95. The Labute approximate surface area is 198 Å². The summed E-state index contributed by atoms with van der Waals surface area (Å²) in [5, 5.41) is 16.0. The number of nitrogens with zero attached hydrogens (tertiary/aromatic N) is 3. The summed E-state index contributed by atoms with van der Waals surface area (Å²) in [4.78, 5) is 27.1. The average molecular weight is 488 g/mol. The fourth-order valence-corrected chi connectivity index (χ4v) is 6.06. The van der Waals surface area contributed by atoms with Crippen LogP contribution in [0.5, 0.6) is 0 Å². The predicted octanol–water partition coefficient (Wildman–Crippen LogP) is 5.19. The Morgan fingerprint density at radius 2 is 1.94 bits per heavy atom. The highest BCUT2D eigenvalue weighted by Crippen LogP contribution is 2.39. The zero-order chi connectivity index (χ0) is 22.1. The molecule has 0 saturated heterocycles. The molecule has 0 unspecified atom stereocenters. The minimum Gasteiger partial charge on any atom is -0.322 e. The molecule has 5 rings (SSSR count). The Kier molecular flexibility index (Phi) is 6.21. The number of aryl methyl sites for hydroxylation is 1. The van der Waals surface area contributed by atoms with Crippen molar-refractivity contribution in [3.8, 4) is 0 Å². The van der Waals surface area contributed by atoms with Gasteiger partial charge >= 0.3 is 0 Å². The lowest BCUT2D eigenvalue weighted by Gasteiger charge is -2.13. The second kappa shape index (κ2) is 9.25. The van der Waals surface area contributed by atoms with E-state index in [1.165, 1.54) is 28.0 Å². The van der Waals surface area contributed by atoms with Crippen LogP contribution in [0.4, 0.5) is 10.7 Å². The zero-order valence-corrected chi connectivity index (χ0v) is 19.7. The minimum absolute atomic E-state index is 0.153. The molecule has 10 heteroatoms. The molecule has 166 valence electrons. The highest BCUT2D eigenvalue weighted by molar-refractivity contribution is 7.99. The van der Waals surface area contributed by atoms with E-state index < -0.39 is 0 Å². The van der Waals surface area contributed by atoms with E-state index in [0.29, 0.717) is 27.3 Å². The van der Waals surface area contributed by atoms with Gasteiger partial charge in [-0.3, -0.25) is 9.59 Å². The van der Waals surface area contributed by atoms with E-state index in [1.807, 2.05) is 4.57 Å². The maximum atomic E-state index is 13.2. The lowest BCUT2D eigenvalue weighted by Crippen LogP contribution is -2.19. The number of fused-ring (bicyclic) bond motifs is 1. The fraction of sp³-hybridized carbons (Fsp3) is 0.364. The topological polar surface area (TPSA) is 88.9 Å². The number of thiophene rings is 1. The molecule has 7 nitrogen and oxygen atoms in total. The third-order valence-corrected chi connectivity index (χ3v) is 7.98. The number of hydrogen-bond acceptors (Lipinski definition) is 6. The number of aromatic nitrogens is 3. The standard InChI is InChI=1S/C22H22ClN5O2S2/c23-13-5-7-14(8-6-13)25-20(30)19-16-3-1-2-4-17(16)32-21(19)26-18(29)11-31-22-27-24-12-28(22)15-9-10-15/h5-8,12,15H,1-4,9-11H2,(H,25,30)(H,26,29). The van der Waals surface area contributed by atoms with Crippen molar-refractivity contribution in [2.75, 3.05) is 16.4 Å². The zero-order valence-electron chi connectivity index (χ0n) is 17.3. The molecule has 0 atom stereocenters. The van der Waals surface area contributed by atoms with Crippen molar-refractivity contribution in [3.05, 3.63) is 51.6 Å². The molecule has 1 saturated carbocycles. The summed E-state index contributed by atoms with van der Waals surface area (Å²) in [6.07, 6.45) is 7.93. The van der Waals surface area contributed by atoms with Gasteiger partial charge in [0.05, 0.1) is 11.3 Å². The molecule has 2 aromatic heterocycles. The summed E-state index contributed by atoms with van der Waals surface area (Å²) in [5.41, 5.74) is 2.31. The molecule has 2 N–H and O–H groups in total. The smallest absolute Gasteiger partial charge is 0.258 e. The minimum atomic E-state index is -0.205. The maximum absolute atomic E-state index is 13.2. The molecule has 2 aliphatic rings. The molecule has 1 aromatic carbocycles. The molecule has 0 bridgehead atoms. The van der Waals surface area contributed by atoms with Gasteiger partial charge in [0.25, 0.3) is 5.91 Å². The molecule has 3 aromatic rings. The van der Waals surface area contributed by atoms with Gasteiger partial charge in [-0.25, -0.2) is 0 Å². The number of carbonyl (C=O) groups excluding carboxylic acids is 2. The number of carbonyl (C=O) groups is 2. The number of thioether (sulfide) groups is 1. The van der Waals surface area contributed by atoms with Crippen LogP contribution in [0.3, 0.4) is 0 Å². The Morgan fingerprint density at radius 1 is 1.16 bits per heavy atom. The molecule has 0 radical (unpaired) electrons. The van der Waals surface area contributed by atoms with Gasteiger partial charge in [-0.1, -0.05) is 23.4 Å². The van der Waals surface area contributed by atoms with Crippen molar-refractivity contribution in [2.45, 2.75) is 49.7 Å². The van der Waals surface area contributed by atoms with Gasteiger partial charge in [0.15, 0.2) is 5.16 Å². The molecule has 32 heavy (non-hydrogen) atoms. The van der Waals surface area contributed by atoms with Crippen LogP contribution in [-0.4, -0.2) is 32.3 Å². The third kappa shape index (κ3) is 4.69. The van der Waals surface area contributed by atoms with E-state index in [2.05, 4.69) is 20.8 Å². The molecule has 2 heterocycles. The second-order valence-electron chi connectivity index (χ2n) is 7.96. The quantitative estimate of drug-likeness (QED) is 0.448. The van der Waals surface area contributed by atoms with Crippen molar-refractivity contribution in [3.63, 3.8) is 0 Å². The second-order valence-corrected chi connectivity index (χ2v) is 10.4. The molecular weight excluding hydrogens is 466 g/mol. The Balaban J connectivity index is 1.32. The van der Waals surface area contributed by atoms with Gasteiger partial charge in [0.2, 0.25) is 5.91 Å². The van der Waals surface area contributed by atoms with Gasteiger partial charge in [-0.2, -0.15) is 0 Å². The lowest BCUT2D eigenvalue weighted by molar-refractivity contribution is -0.113. The van der Waals surface area contributed by atoms with Gasteiger partial charge in [0.1, 0.15) is 11.3 Å². The van der Waals surface area contributed by atoms with E-state index in [1.54, 1.807) is 30.6 Å². The van der Waals surface area contributed by atoms with Crippen molar-refractivity contribution in [1.29, 1.82) is 0 Å². The van der Waals surface area contributed by atoms with Gasteiger partial charge in [0, 0.05) is 21.6 Å². The molecule has 0 aliphatic heterocycles. The number of rotatable bonds is 7. The summed E-state index contributed by atoms with van der Waals surface area (Å²) in [7, 11) is 0. The average Bonchev–Trinajstić information content (AvgIpc) is 3.40. The van der Waals surface area contributed by atoms with Crippen LogP contribution in [0, 0.1) is 0 Å².